The Morgan fingerprint density at radius 1 is 0.958 bits per heavy atom. The first kappa shape index (κ1) is 15.8. The molecule has 7 nitrogen and oxygen atoms in total. The van der Waals surface area contributed by atoms with Gasteiger partial charge in [0.2, 0.25) is 5.95 Å². The van der Waals surface area contributed by atoms with Crippen LogP contribution in [-0.4, -0.2) is 38.2 Å². The van der Waals surface area contributed by atoms with Crippen LogP contribution in [0, 0.1) is 0 Å². The highest BCUT2D eigenvalue weighted by atomic mass is 16.3. The molecule has 24 heavy (non-hydrogen) atoms. The van der Waals surface area contributed by atoms with Crippen LogP contribution in [0.1, 0.15) is 5.56 Å². The molecule has 7 heteroatoms. The van der Waals surface area contributed by atoms with Crippen LogP contribution >= 0.6 is 0 Å². The fraction of sp³-hybridized carbons (Fsp3) is 0.176. The Hall–Kier alpha value is -3.06. The molecule has 0 aliphatic rings. The minimum Gasteiger partial charge on any atom is -0.395 e. The van der Waals surface area contributed by atoms with E-state index in [1.54, 1.807) is 18.6 Å². The first-order chi connectivity index (χ1) is 11.8. The van der Waals surface area contributed by atoms with Gasteiger partial charge in [-0.25, -0.2) is 4.98 Å². The van der Waals surface area contributed by atoms with E-state index in [-0.39, 0.29) is 6.61 Å². The van der Waals surface area contributed by atoms with Gasteiger partial charge in [0.25, 0.3) is 0 Å². The number of nitrogens with zero attached hydrogens (tertiary/aromatic N) is 4. The van der Waals surface area contributed by atoms with E-state index >= 15 is 0 Å². The molecule has 3 heterocycles. The Kier molecular flexibility index (Phi) is 5.26. The third-order valence-corrected chi connectivity index (χ3v) is 3.29. The van der Waals surface area contributed by atoms with Gasteiger partial charge in [0, 0.05) is 49.5 Å². The first-order valence-electron chi connectivity index (χ1n) is 7.62. The maximum Gasteiger partial charge on any atom is 0.225 e. The van der Waals surface area contributed by atoms with Gasteiger partial charge < -0.3 is 15.7 Å². The number of hydrogen-bond donors (Lipinski definition) is 3. The summed E-state index contributed by atoms with van der Waals surface area (Å²) in [6, 6.07) is 9.56. The largest absolute Gasteiger partial charge is 0.395 e. The van der Waals surface area contributed by atoms with Crippen LogP contribution in [0.2, 0.25) is 0 Å². The van der Waals surface area contributed by atoms with Crippen molar-refractivity contribution in [3.05, 3.63) is 60.7 Å². The van der Waals surface area contributed by atoms with E-state index in [9.17, 15) is 0 Å². The van der Waals surface area contributed by atoms with Crippen molar-refractivity contribution in [3.63, 3.8) is 0 Å². The third kappa shape index (κ3) is 4.23. The summed E-state index contributed by atoms with van der Waals surface area (Å²) >= 11 is 0. The summed E-state index contributed by atoms with van der Waals surface area (Å²) in [6.45, 7) is 1.02. The first-order valence-corrected chi connectivity index (χ1v) is 7.62. The molecule has 122 valence electrons. The number of aromatic nitrogens is 4. The molecule has 0 spiro atoms. The Morgan fingerprint density at radius 3 is 2.58 bits per heavy atom. The van der Waals surface area contributed by atoms with Gasteiger partial charge in [-0.05, 0) is 23.8 Å². The zero-order valence-electron chi connectivity index (χ0n) is 13.1. The van der Waals surface area contributed by atoms with Gasteiger partial charge in [-0.2, -0.15) is 4.98 Å². The number of anilines is 2. The molecule has 0 aliphatic carbocycles. The highest BCUT2D eigenvalue weighted by Gasteiger charge is 2.07. The molecule has 0 saturated heterocycles. The van der Waals surface area contributed by atoms with Crippen molar-refractivity contribution in [3.8, 4) is 11.3 Å². The van der Waals surface area contributed by atoms with Crippen LogP contribution in [0.15, 0.2) is 55.1 Å². The smallest absolute Gasteiger partial charge is 0.225 e. The Bertz CT molecular complexity index is 767. The van der Waals surface area contributed by atoms with Crippen LogP contribution < -0.4 is 10.6 Å². The molecular formula is C17H18N6O. The molecule has 0 radical (unpaired) electrons. The fourth-order valence-electron chi connectivity index (χ4n) is 2.15. The van der Waals surface area contributed by atoms with Crippen molar-refractivity contribution in [1.82, 2.24) is 19.9 Å². The Balaban J connectivity index is 1.84. The number of nitrogens with one attached hydrogen (secondary N) is 2. The van der Waals surface area contributed by atoms with Gasteiger partial charge in [0.1, 0.15) is 5.82 Å². The SMILES string of the molecule is OCCNc1nc(NCc2cccnc2)cc(-c2ccncc2)n1. The van der Waals surface area contributed by atoms with E-state index in [1.807, 2.05) is 36.5 Å². The van der Waals surface area contributed by atoms with Crippen LogP contribution in [0.25, 0.3) is 11.3 Å². The van der Waals surface area contributed by atoms with E-state index in [0.717, 1.165) is 16.8 Å². The Labute approximate surface area is 139 Å². The summed E-state index contributed by atoms with van der Waals surface area (Å²) in [5.41, 5.74) is 2.79. The fourth-order valence-corrected chi connectivity index (χ4v) is 2.15. The number of aliphatic hydroxyl groups is 1. The molecule has 3 aromatic rings. The summed E-state index contributed by atoms with van der Waals surface area (Å²) in [7, 11) is 0. The predicted octanol–water partition coefficient (Wildman–Crippen LogP) is 1.95. The van der Waals surface area contributed by atoms with Gasteiger partial charge >= 0.3 is 0 Å². The summed E-state index contributed by atoms with van der Waals surface area (Å²) in [5.74, 6) is 1.16. The molecular weight excluding hydrogens is 304 g/mol. The lowest BCUT2D eigenvalue weighted by atomic mass is 10.2. The number of pyridine rings is 2. The average Bonchev–Trinajstić information content (AvgIpc) is 2.66. The second-order valence-corrected chi connectivity index (χ2v) is 5.06. The normalized spacial score (nSPS) is 10.4. The van der Waals surface area contributed by atoms with Crippen LogP contribution in [0.5, 0.6) is 0 Å². The minimum atomic E-state index is 0.0152. The molecule has 0 atom stereocenters. The second kappa shape index (κ2) is 7.98. The van der Waals surface area contributed by atoms with Crippen LogP contribution in [0.4, 0.5) is 11.8 Å². The highest BCUT2D eigenvalue weighted by molar-refractivity contribution is 5.63. The summed E-state index contributed by atoms with van der Waals surface area (Å²) < 4.78 is 0. The van der Waals surface area contributed by atoms with Crippen LogP contribution in [-0.2, 0) is 6.54 Å². The minimum absolute atomic E-state index is 0.0152. The standard InChI is InChI=1S/C17H18N6O/c24-9-8-20-17-22-15(14-3-6-18-7-4-14)10-16(23-17)21-12-13-2-1-5-19-11-13/h1-7,10-11,24H,8-9,12H2,(H2,20,21,22,23). The molecule has 0 amide bonds. The van der Waals surface area contributed by atoms with Crippen molar-refractivity contribution in [2.45, 2.75) is 6.54 Å². The lowest BCUT2D eigenvalue weighted by Gasteiger charge is -2.11. The van der Waals surface area contributed by atoms with Gasteiger partial charge in [-0.15, -0.1) is 0 Å². The topological polar surface area (TPSA) is 95.8 Å². The van der Waals surface area contributed by atoms with Gasteiger partial charge in [0.05, 0.1) is 12.3 Å². The second-order valence-electron chi connectivity index (χ2n) is 5.06. The molecule has 0 unspecified atom stereocenters. The van der Waals surface area contributed by atoms with Gasteiger partial charge in [-0.3, -0.25) is 9.97 Å². The van der Waals surface area contributed by atoms with E-state index in [1.165, 1.54) is 0 Å². The van der Waals surface area contributed by atoms with E-state index < -0.39 is 0 Å². The number of rotatable bonds is 7. The van der Waals surface area contributed by atoms with Crippen molar-refractivity contribution in [2.24, 2.45) is 0 Å². The summed E-state index contributed by atoms with van der Waals surface area (Å²) in [6.07, 6.45) is 7.00. The molecule has 0 fully saturated rings. The molecule has 0 saturated carbocycles. The van der Waals surface area contributed by atoms with Crippen LogP contribution in [0.3, 0.4) is 0 Å². The summed E-state index contributed by atoms with van der Waals surface area (Å²) in [5, 5.41) is 15.3. The molecule has 0 aromatic carbocycles. The van der Waals surface area contributed by atoms with Crippen molar-refractivity contribution < 1.29 is 5.11 Å². The predicted molar refractivity (Wildman–Crippen MR) is 92.4 cm³/mol. The van der Waals surface area contributed by atoms with Crippen molar-refractivity contribution in [1.29, 1.82) is 0 Å². The molecule has 3 rings (SSSR count). The maximum absolute atomic E-state index is 8.99. The van der Waals surface area contributed by atoms with Crippen molar-refractivity contribution >= 4 is 11.8 Å². The summed E-state index contributed by atoms with van der Waals surface area (Å²) in [4.78, 5) is 17.0. The quantitative estimate of drug-likeness (QED) is 0.612. The highest BCUT2D eigenvalue weighted by Crippen LogP contribution is 2.21. The zero-order valence-corrected chi connectivity index (χ0v) is 13.1. The van der Waals surface area contributed by atoms with E-state index in [2.05, 4.69) is 30.6 Å². The molecule has 3 N–H and O–H groups in total. The molecule has 0 aliphatic heterocycles. The lowest BCUT2D eigenvalue weighted by Crippen LogP contribution is -2.11. The molecule has 3 aromatic heterocycles. The lowest BCUT2D eigenvalue weighted by molar-refractivity contribution is 0.311. The zero-order chi connectivity index (χ0) is 16.6. The van der Waals surface area contributed by atoms with Gasteiger partial charge in [-0.1, -0.05) is 6.07 Å². The van der Waals surface area contributed by atoms with E-state index in [4.69, 9.17) is 5.11 Å². The number of hydrogen-bond acceptors (Lipinski definition) is 7. The van der Waals surface area contributed by atoms with E-state index in [0.29, 0.717) is 24.9 Å². The Morgan fingerprint density at radius 2 is 1.83 bits per heavy atom. The average molecular weight is 322 g/mol. The maximum atomic E-state index is 8.99. The monoisotopic (exact) mass is 322 g/mol. The van der Waals surface area contributed by atoms with Gasteiger partial charge in [0.15, 0.2) is 0 Å². The van der Waals surface area contributed by atoms with Crippen molar-refractivity contribution in [2.75, 3.05) is 23.8 Å². The number of aliphatic hydroxyl groups excluding tert-OH is 1. The molecule has 0 bridgehead atoms. The third-order valence-electron chi connectivity index (χ3n) is 3.29.